The van der Waals surface area contributed by atoms with E-state index in [1.165, 1.54) is 0 Å². The van der Waals surface area contributed by atoms with Gasteiger partial charge >= 0.3 is 0 Å². The number of aromatic nitrogens is 1. The summed E-state index contributed by atoms with van der Waals surface area (Å²) in [6.07, 6.45) is 3.78. The molecule has 1 heterocycles. The highest BCUT2D eigenvalue weighted by Crippen LogP contribution is 2.38. The first-order valence-corrected chi connectivity index (χ1v) is 8.13. The summed E-state index contributed by atoms with van der Waals surface area (Å²) in [7, 11) is 4.69. The Kier molecular flexibility index (Phi) is 7.07. The number of pyridine rings is 1. The number of nitrogens with zero attached hydrogens (tertiary/aromatic N) is 1. The fraction of sp³-hybridized carbons (Fsp3) is 0.368. The van der Waals surface area contributed by atoms with Gasteiger partial charge in [-0.3, -0.25) is 9.78 Å². The maximum absolute atomic E-state index is 12.0. The molecule has 0 bridgehead atoms. The average molecular weight is 344 g/mol. The Bertz CT molecular complexity index is 664. The molecule has 1 aromatic heterocycles. The van der Waals surface area contributed by atoms with Crippen molar-refractivity contribution in [2.75, 3.05) is 21.3 Å². The highest BCUT2D eigenvalue weighted by molar-refractivity contribution is 5.75. The van der Waals surface area contributed by atoms with Gasteiger partial charge in [0.05, 0.1) is 21.3 Å². The summed E-state index contributed by atoms with van der Waals surface area (Å²) < 4.78 is 15.9. The zero-order valence-corrected chi connectivity index (χ0v) is 14.9. The minimum atomic E-state index is 0.00434. The zero-order chi connectivity index (χ0) is 18.1. The van der Waals surface area contributed by atoms with Gasteiger partial charge in [-0.2, -0.15) is 0 Å². The molecule has 0 atom stereocenters. The van der Waals surface area contributed by atoms with Gasteiger partial charge in [0.2, 0.25) is 11.7 Å². The van der Waals surface area contributed by atoms with Crippen LogP contribution in [0, 0.1) is 0 Å². The molecule has 0 aliphatic heterocycles. The number of rotatable bonds is 9. The van der Waals surface area contributed by atoms with Gasteiger partial charge in [-0.05, 0) is 42.7 Å². The van der Waals surface area contributed by atoms with Gasteiger partial charge in [0.15, 0.2) is 11.5 Å². The quantitative estimate of drug-likeness (QED) is 0.757. The molecule has 0 saturated carbocycles. The van der Waals surface area contributed by atoms with E-state index >= 15 is 0 Å². The minimum absolute atomic E-state index is 0.00434. The summed E-state index contributed by atoms with van der Waals surface area (Å²) in [4.78, 5) is 16.3. The number of methoxy groups -OCH3 is 3. The summed E-state index contributed by atoms with van der Waals surface area (Å²) >= 11 is 0. The number of nitrogens with one attached hydrogen (secondary N) is 1. The molecule has 25 heavy (non-hydrogen) atoms. The van der Waals surface area contributed by atoms with Gasteiger partial charge in [-0.25, -0.2) is 0 Å². The third kappa shape index (κ3) is 5.38. The van der Waals surface area contributed by atoms with E-state index in [0.29, 0.717) is 30.2 Å². The molecule has 134 valence electrons. The van der Waals surface area contributed by atoms with Crippen LogP contribution in [-0.2, 0) is 17.8 Å². The van der Waals surface area contributed by atoms with Crippen molar-refractivity contribution in [2.24, 2.45) is 0 Å². The SMILES string of the molecule is COc1cc(CNC(=O)CCCc2ccccn2)cc(OC)c1OC. The first-order chi connectivity index (χ1) is 12.2. The second-order valence-corrected chi connectivity index (χ2v) is 5.48. The van der Waals surface area contributed by atoms with E-state index in [9.17, 15) is 4.79 Å². The van der Waals surface area contributed by atoms with Crippen LogP contribution in [0.1, 0.15) is 24.1 Å². The highest BCUT2D eigenvalue weighted by atomic mass is 16.5. The molecule has 0 saturated heterocycles. The molecule has 6 heteroatoms. The smallest absolute Gasteiger partial charge is 0.220 e. The number of benzene rings is 1. The van der Waals surface area contributed by atoms with E-state index < -0.39 is 0 Å². The molecule has 0 aliphatic rings. The molecular weight excluding hydrogens is 320 g/mol. The van der Waals surface area contributed by atoms with Crippen molar-refractivity contribution in [2.45, 2.75) is 25.8 Å². The number of aryl methyl sites for hydroxylation is 1. The van der Waals surface area contributed by atoms with E-state index in [-0.39, 0.29) is 5.91 Å². The van der Waals surface area contributed by atoms with Gasteiger partial charge in [-0.1, -0.05) is 6.07 Å². The number of amides is 1. The van der Waals surface area contributed by atoms with Crippen LogP contribution in [-0.4, -0.2) is 32.2 Å². The summed E-state index contributed by atoms with van der Waals surface area (Å²) in [5.74, 6) is 1.68. The molecule has 2 rings (SSSR count). The van der Waals surface area contributed by atoms with Gasteiger partial charge in [0, 0.05) is 24.9 Å². The van der Waals surface area contributed by atoms with Crippen LogP contribution in [0.25, 0.3) is 0 Å². The highest BCUT2D eigenvalue weighted by Gasteiger charge is 2.13. The molecule has 1 amide bonds. The summed E-state index contributed by atoms with van der Waals surface area (Å²) in [6, 6.07) is 9.46. The monoisotopic (exact) mass is 344 g/mol. The van der Waals surface area contributed by atoms with Crippen LogP contribution >= 0.6 is 0 Å². The van der Waals surface area contributed by atoms with Crippen molar-refractivity contribution < 1.29 is 19.0 Å². The van der Waals surface area contributed by atoms with Crippen molar-refractivity contribution in [3.63, 3.8) is 0 Å². The minimum Gasteiger partial charge on any atom is -0.493 e. The summed E-state index contributed by atoms with van der Waals surface area (Å²) in [6.45, 7) is 0.402. The van der Waals surface area contributed by atoms with Crippen molar-refractivity contribution in [1.82, 2.24) is 10.3 Å². The van der Waals surface area contributed by atoms with Crippen molar-refractivity contribution in [3.8, 4) is 17.2 Å². The number of carbonyl (C=O) groups excluding carboxylic acids is 1. The predicted molar refractivity (Wildman–Crippen MR) is 95.1 cm³/mol. The summed E-state index contributed by atoms with van der Waals surface area (Å²) in [5.41, 5.74) is 1.88. The number of hydrogen-bond donors (Lipinski definition) is 1. The number of ether oxygens (including phenoxy) is 3. The zero-order valence-electron chi connectivity index (χ0n) is 14.9. The average Bonchev–Trinajstić information content (AvgIpc) is 2.66. The fourth-order valence-corrected chi connectivity index (χ4v) is 2.50. The van der Waals surface area contributed by atoms with E-state index in [2.05, 4.69) is 10.3 Å². The predicted octanol–water partition coefficient (Wildman–Crippen LogP) is 2.75. The third-order valence-electron chi connectivity index (χ3n) is 3.78. The molecule has 0 radical (unpaired) electrons. The van der Waals surface area contributed by atoms with E-state index in [0.717, 1.165) is 24.1 Å². The molecule has 6 nitrogen and oxygen atoms in total. The molecule has 0 unspecified atom stereocenters. The van der Waals surface area contributed by atoms with E-state index in [1.807, 2.05) is 30.3 Å². The Hall–Kier alpha value is -2.76. The second kappa shape index (κ2) is 9.52. The maximum atomic E-state index is 12.0. The van der Waals surface area contributed by atoms with Gasteiger partial charge in [0.25, 0.3) is 0 Å². The van der Waals surface area contributed by atoms with Gasteiger partial charge in [-0.15, -0.1) is 0 Å². The number of hydrogen-bond acceptors (Lipinski definition) is 5. The lowest BCUT2D eigenvalue weighted by atomic mass is 10.1. The second-order valence-electron chi connectivity index (χ2n) is 5.48. The third-order valence-corrected chi connectivity index (χ3v) is 3.78. The molecule has 1 N–H and O–H groups in total. The fourth-order valence-electron chi connectivity index (χ4n) is 2.50. The van der Waals surface area contributed by atoms with E-state index in [4.69, 9.17) is 14.2 Å². The molecule has 1 aromatic carbocycles. The molecular formula is C19H24N2O4. The Balaban J connectivity index is 1.86. The normalized spacial score (nSPS) is 10.2. The van der Waals surface area contributed by atoms with Gasteiger partial charge in [0.1, 0.15) is 0 Å². The van der Waals surface area contributed by atoms with E-state index in [1.54, 1.807) is 27.5 Å². The van der Waals surface area contributed by atoms with Crippen LogP contribution in [0.2, 0.25) is 0 Å². The van der Waals surface area contributed by atoms with Crippen LogP contribution in [0.5, 0.6) is 17.2 Å². The first kappa shape index (κ1) is 18.6. The van der Waals surface area contributed by atoms with Crippen molar-refractivity contribution in [1.29, 1.82) is 0 Å². The lowest BCUT2D eigenvalue weighted by Crippen LogP contribution is -2.22. The molecule has 0 aliphatic carbocycles. The van der Waals surface area contributed by atoms with Crippen LogP contribution in [0.4, 0.5) is 0 Å². The Morgan fingerprint density at radius 3 is 2.36 bits per heavy atom. The Labute approximate surface area is 148 Å². The standard InChI is InChI=1S/C19H24N2O4/c1-23-16-11-14(12-17(24-2)19(16)25-3)13-21-18(22)9-6-8-15-7-4-5-10-20-15/h4-5,7,10-12H,6,8-9,13H2,1-3H3,(H,21,22). The summed E-state index contributed by atoms with van der Waals surface area (Å²) in [5, 5.41) is 2.91. The number of carbonyl (C=O) groups is 1. The lowest BCUT2D eigenvalue weighted by molar-refractivity contribution is -0.121. The molecule has 0 spiro atoms. The van der Waals surface area contributed by atoms with Crippen LogP contribution in [0.3, 0.4) is 0 Å². The Morgan fingerprint density at radius 1 is 1.08 bits per heavy atom. The van der Waals surface area contributed by atoms with Crippen LogP contribution < -0.4 is 19.5 Å². The Morgan fingerprint density at radius 2 is 1.80 bits per heavy atom. The largest absolute Gasteiger partial charge is 0.493 e. The lowest BCUT2D eigenvalue weighted by Gasteiger charge is -2.14. The van der Waals surface area contributed by atoms with Gasteiger partial charge < -0.3 is 19.5 Å². The molecule has 2 aromatic rings. The van der Waals surface area contributed by atoms with Crippen molar-refractivity contribution in [3.05, 3.63) is 47.8 Å². The first-order valence-electron chi connectivity index (χ1n) is 8.13. The topological polar surface area (TPSA) is 69.7 Å². The van der Waals surface area contributed by atoms with Crippen LogP contribution in [0.15, 0.2) is 36.5 Å². The maximum Gasteiger partial charge on any atom is 0.220 e. The van der Waals surface area contributed by atoms with Crippen molar-refractivity contribution >= 4 is 5.91 Å². The molecule has 0 fully saturated rings.